The molecule has 0 saturated carbocycles. The molecule has 1 aliphatic carbocycles. The first-order valence-electron chi connectivity index (χ1n) is 4.74. The predicted molar refractivity (Wildman–Crippen MR) is 56.3 cm³/mol. The van der Waals surface area contributed by atoms with Crippen molar-refractivity contribution >= 4 is 12.4 Å². The van der Waals surface area contributed by atoms with E-state index in [2.05, 4.69) is 29.6 Å². The van der Waals surface area contributed by atoms with Gasteiger partial charge in [-0.3, -0.25) is 0 Å². The maximum Gasteiger partial charge on any atom is 0.0452 e. The fourth-order valence-corrected chi connectivity index (χ4v) is 2.56. The van der Waals surface area contributed by atoms with Crippen molar-refractivity contribution < 1.29 is 0 Å². The topological polar surface area (TPSA) is 12.0 Å². The maximum absolute atomic E-state index is 3.58. The molecule has 0 radical (unpaired) electrons. The van der Waals surface area contributed by atoms with Crippen LogP contribution in [0.5, 0.6) is 0 Å². The fourth-order valence-electron chi connectivity index (χ4n) is 2.56. The van der Waals surface area contributed by atoms with Crippen molar-refractivity contribution in [1.82, 2.24) is 5.32 Å². The number of aryl methyl sites for hydroxylation is 1. The van der Waals surface area contributed by atoms with Crippen LogP contribution in [0, 0.1) is 0 Å². The Morgan fingerprint density at radius 3 is 2.62 bits per heavy atom. The van der Waals surface area contributed by atoms with Crippen LogP contribution in [-0.4, -0.2) is 6.54 Å². The number of hydrogen-bond donors (Lipinski definition) is 1. The molecule has 13 heavy (non-hydrogen) atoms. The quantitative estimate of drug-likeness (QED) is 0.670. The monoisotopic (exact) mass is 195 g/mol. The smallest absolute Gasteiger partial charge is 0.0452 e. The van der Waals surface area contributed by atoms with E-state index >= 15 is 0 Å². The number of halogens is 1. The molecular formula is C11H14ClN. The van der Waals surface area contributed by atoms with Crippen molar-refractivity contribution in [2.24, 2.45) is 0 Å². The van der Waals surface area contributed by atoms with E-state index in [-0.39, 0.29) is 12.4 Å². The minimum Gasteiger partial charge on any atom is -0.307 e. The lowest BCUT2D eigenvalue weighted by atomic mass is 9.82. The lowest BCUT2D eigenvalue weighted by Crippen LogP contribution is -2.52. The lowest BCUT2D eigenvalue weighted by molar-refractivity contribution is 0.210. The van der Waals surface area contributed by atoms with Crippen molar-refractivity contribution in [3.63, 3.8) is 0 Å². The van der Waals surface area contributed by atoms with Gasteiger partial charge in [-0.05, 0) is 36.9 Å². The van der Waals surface area contributed by atoms with Gasteiger partial charge in [0.1, 0.15) is 0 Å². The second-order valence-corrected chi connectivity index (χ2v) is 3.92. The molecule has 1 nitrogen and oxygen atoms in total. The Hall–Kier alpha value is -0.530. The van der Waals surface area contributed by atoms with Crippen LogP contribution < -0.4 is 5.32 Å². The normalized spacial score (nSPS) is 29.2. The molecule has 0 amide bonds. The molecule has 1 aliphatic heterocycles. The summed E-state index contributed by atoms with van der Waals surface area (Å²) in [5, 5.41) is 3.58. The zero-order valence-electron chi connectivity index (χ0n) is 7.55. The SMILES string of the molecule is Cl.c1ccc2c(c1)CCC21CCN1. The average Bonchev–Trinajstić information content (AvgIpc) is 2.42. The molecule has 0 aromatic heterocycles. The molecule has 1 aromatic carbocycles. The lowest BCUT2D eigenvalue weighted by Gasteiger charge is -2.41. The molecule has 1 aromatic rings. The first-order chi connectivity index (χ1) is 5.91. The standard InChI is InChI=1S/C11H13N.ClH/c1-2-4-10-9(3-1)5-6-11(10)7-8-12-11;/h1-4,12H,5-8H2;1H. The van der Waals surface area contributed by atoms with Crippen LogP contribution in [0.1, 0.15) is 24.0 Å². The van der Waals surface area contributed by atoms with E-state index in [0.29, 0.717) is 5.54 Å². The van der Waals surface area contributed by atoms with Crippen molar-refractivity contribution in [2.75, 3.05) is 6.54 Å². The van der Waals surface area contributed by atoms with Crippen molar-refractivity contribution in [2.45, 2.75) is 24.8 Å². The van der Waals surface area contributed by atoms with Crippen molar-refractivity contribution in [3.8, 4) is 0 Å². The van der Waals surface area contributed by atoms with Gasteiger partial charge in [0, 0.05) is 5.54 Å². The van der Waals surface area contributed by atoms with Crippen LogP contribution in [0.15, 0.2) is 24.3 Å². The van der Waals surface area contributed by atoms with Gasteiger partial charge in [-0.1, -0.05) is 24.3 Å². The Morgan fingerprint density at radius 1 is 1.15 bits per heavy atom. The van der Waals surface area contributed by atoms with Crippen molar-refractivity contribution in [1.29, 1.82) is 0 Å². The van der Waals surface area contributed by atoms with Crippen LogP contribution in [0.4, 0.5) is 0 Å². The molecule has 2 aliphatic rings. The summed E-state index contributed by atoms with van der Waals surface area (Å²) in [5.41, 5.74) is 3.53. The van der Waals surface area contributed by atoms with E-state index in [1.165, 1.54) is 25.8 Å². The molecule has 1 heterocycles. The minimum absolute atomic E-state index is 0. The number of benzene rings is 1. The Morgan fingerprint density at radius 2 is 1.92 bits per heavy atom. The molecule has 1 saturated heterocycles. The van der Waals surface area contributed by atoms with Gasteiger partial charge in [0.2, 0.25) is 0 Å². The van der Waals surface area contributed by atoms with Gasteiger partial charge in [0.05, 0.1) is 0 Å². The van der Waals surface area contributed by atoms with Gasteiger partial charge in [0.15, 0.2) is 0 Å². The van der Waals surface area contributed by atoms with E-state index in [1.807, 2.05) is 0 Å². The van der Waals surface area contributed by atoms with Gasteiger partial charge in [-0.25, -0.2) is 0 Å². The van der Waals surface area contributed by atoms with Crippen LogP contribution in [0.2, 0.25) is 0 Å². The second-order valence-electron chi connectivity index (χ2n) is 3.92. The van der Waals surface area contributed by atoms with E-state index in [0.717, 1.165) is 0 Å². The summed E-state index contributed by atoms with van der Waals surface area (Å²) in [6.45, 7) is 1.20. The summed E-state index contributed by atoms with van der Waals surface area (Å²) in [6, 6.07) is 8.86. The number of hydrogen-bond acceptors (Lipinski definition) is 1. The van der Waals surface area contributed by atoms with Gasteiger partial charge in [-0.15, -0.1) is 12.4 Å². The number of fused-ring (bicyclic) bond motifs is 2. The molecule has 1 unspecified atom stereocenters. The molecule has 1 N–H and O–H groups in total. The van der Waals surface area contributed by atoms with E-state index in [9.17, 15) is 0 Å². The molecule has 3 rings (SSSR count). The van der Waals surface area contributed by atoms with Crippen LogP contribution in [0.3, 0.4) is 0 Å². The molecular weight excluding hydrogens is 182 g/mol. The van der Waals surface area contributed by atoms with Gasteiger partial charge < -0.3 is 5.32 Å². The zero-order chi connectivity index (χ0) is 8.02. The highest BCUT2D eigenvalue weighted by molar-refractivity contribution is 5.85. The Kier molecular flexibility index (Phi) is 2.09. The summed E-state index contributed by atoms with van der Waals surface area (Å²) >= 11 is 0. The molecule has 1 spiro atoms. The highest BCUT2D eigenvalue weighted by Crippen LogP contribution is 2.42. The summed E-state index contributed by atoms with van der Waals surface area (Å²) < 4.78 is 0. The van der Waals surface area contributed by atoms with Gasteiger partial charge in [0.25, 0.3) is 0 Å². The van der Waals surface area contributed by atoms with Crippen LogP contribution in [0.25, 0.3) is 0 Å². The Balaban J connectivity index is 0.000000653. The first kappa shape index (κ1) is 9.04. The predicted octanol–water partition coefficient (Wildman–Crippen LogP) is 2.24. The summed E-state index contributed by atoms with van der Waals surface area (Å²) in [5.74, 6) is 0. The third-order valence-corrected chi connectivity index (χ3v) is 3.37. The molecule has 2 heteroatoms. The number of nitrogens with one attached hydrogen (secondary N) is 1. The third kappa shape index (κ3) is 1.11. The summed E-state index contributed by atoms with van der Waals surface area (Å²) in [7, 11) is 0. The maximum atomic E-state index is 3.58. The van der Waals surface area contributed by atoms with Crippen LogP contribution in [-0.2, 0) is 12.0 Å². The molecule has 1 fully saturated rings. The third-order valence-electron chi connectivity index (χ3n) is 3.37. The van der Waals surface area contributed by atoms with Crippen LogP contribution >= 0.6 is 12.4 Å². The highest BCUT2D eigenvalue weighted by Gasteiger charge is 2.42. The van der Waals surface area contributed by atoms with Gasteiger partial charge in [-0.2, -0.15) is 0 Å². The summed E-state index contributed by atoms with van der Waals surface area (Å²) in [6.07, 6.45) is 3.92. The zero-order valence-corrected chi connectivity index (χ0v) is 8.36. The average molecular weight is 196 g/mol. The van der Waals surface area contributed by atoms with E-state index in [4.69, 9.17) is 0 Å². The first-order valence-corrected chi connectivity index (χ1v) is 4.74. The minimum atomic E-state index is 0. The molecule has 1 atom stereocenters. The van der Waals surface area contributed by atoms with E-state index in [1.54, 1.807) is 11.1 Å². The fraction of sp³-hybridized carbons (Fsp3) is 0.455. The van der Waals surface area contributed by atoms with E-state index < -0.39 is 0 Å². The highest BCUT2D eigenvalue weighted by atomic mass is 35.5. The largest absolute Gasteiger partial charge is 0.307 e. The Labute approximate surface area is 84.9 Å². The molecule has 0 bridgehead atoms. The molecule has 70 valence electrons. The Bertz CT molecular complexity index is 318. The van der Waals surface area contributed by atoms with Crippen molar-refractivity contribution in [3.05, 3.63) is 35.4 Å². The second kappa shape index (κ2) is 3.00. The van der Waals surface area contributed by atoms with Gasteiger partial charge >= 0.3 is 0 Å². The number of rotatable bonds is 0. The summed E-state index contributed by atoms with van der Waals surface area (Å²) in [4.78, 5) is 0.